The average molecular weight is 270 g/mol. The minimum absolute atomic E-state index is 0.165. The number of hydrogen-bond acceptors (Lipinski definition) is 4. The molecule has 0 spiro atoms. The highest BCUT2D eigenvalue weighted by Crippen LogP contribution is 2.05. The summed E-state index contributed by atoms with van der Waals surface area (Å²) in [6.45, 7) is 8.28. The van der Waals surface area contributed by atoms with Crippen LogP contribution >= 0.6 is 0 Å². The van der Waals surface area contributed by atoms with Crippen molar-refractivity contribution in [1.29, 1.82) is 0 Å². The van der Waals surface area contributed by atoms with Gasteiger partial charge in [-0.25, -0.2) is 9.59 Å². The van der Waals surface area contributed by atoms with Crippen LogP contribution < -0.4 is 0 Å². The van der Waals surface area contributed by atoms with Gasteiger partial charge in [-0.1, -0.05) is 40.0 Å². The zero-order valence-corrected chi connectivity index (χ0v) is 12.5. The fourth-order valence-electron chi connectivity index (χ4n) is 1.24. The molecule has 0 aromatic heterocycles. The van der Waals surface area contributed by atoms with Crippen molar-refractivity contribution in [2.45, 2.75) is 59.5 Å². The second kappa shape index (κ2) is 10.6. The minimum Gasteiger partial charge on any atom is -0.463 e. The van der Waals surface area contributed by atoms with E-state index < -0.39 is 11.9 Å². The van der Waals surface area contributed by atoms with Crippen LogP contribution in [0.15, 0.2) is 12.2 Å². The number of hydrogen-bond donors (Lipinski definition) is 0. The quantitative estimate of drug-likeness (QED) is 0.366. The van der Waals surface area contributed by atoms with E-state index in [0.717, 1.165) is 37.8 Å². The Bertz CT molecular complexity index is 295. The molecule has 0 radical (unpaired) electrons. The van der Waals surface area contributed by atoms with Gasteiger partial charge in [-0.15, -0.1) is 0 Å². The molecule has 0 aliphatic rings. The molecule has 0 aliphatic heterocycles. The van der Waals surface area contributed by atoms with E-state index >= 15 is 0 Å². The maximum absolute atomic E-state index is 11.4. The van der Waals surface area contributed by atoms with Gasteiger partial charge in [0.05, 0.1) is 6.61 Å². The third-order valence-corrected chi connectivity index (χ3v) is 2.84. The number of carbonyl (C=O) groups excluding carboxylic acids is 2. The molecule has 0 heterocycles. The van der Waals surface area contributed by atoms with Crippen LogP contribution in [0, 0.1) is 5.92 Å². The summed E-state index contributed by atoms with van der Waals surface area (Å²) in [5, 5.41) is 0. The van der Waals surface area contributed by atoms with E-state index in [4.69, 9.17) is 9.47 Å². The van der Waals surface area contributed by atoms with Gasteiger partial charge in [0.1, 0.15) is 6.10 Å². The van der Waals surface area contributed by atoms with Gasteiger partial charge in [0.2, 0.25) is 0 Å². The van der Waals surface area contributed by atoms with E-state index in [2.05, 4.69) is 6.92 Å². The number of carbonyl (C=O) groups is 2. The van der Waals surface area contributed by atoms with Crippen LogP contribution in [0.4, 0.5) is 0 Å². The summed E-state index contributed by atoms with van der Waals surface area (Å²) in [6, 6.07) is 0. The summed E-state index contributed by atoms with van der Waals surface area (Å²) in [5.74, 6) is -0.752. The maximum Gasteiger partial charge on any atom is 0.331 e. The van der Waals surface area contributed by atoms with Crippen molar-refractivity contribution in [3.63, 3.8) is 0 Å². The molecule has 0 saturated carbocycles. The fraction of sp³-hybridized carbons (Fsp3) is 0.733. The molecule has 1 unspecified atom stereocenters. The summed E-state index contributed by atoms with van der Waals surface area (Å²) >= 11 is 0. The molecular formula is C15H26O4. The Labute approximate surface area is 116 Å². The molecule has 110 valence electrons. The van der Waals surface area contributed by atoms with E-state index in [0.29, 0.717) is 6.61 Å². The first kappa shape index (κ1) is 17.7. The van der Waals surface area contributed by atoms with Gasteiger partial charge in [-0.2, -0.15) is 0 Å². The van der Waals surface area contributed by atoms with E-state index in [9.17, 15) is 9.59 Å². The molecule has 0 aliphatic carbocycles. The van der Waals surface area contributed by atoms with Crippen LogP contribution in [0.25, 0.3) is 0 Å². The standard InChI is InChI=1S/C15H26O4/c1-5-6-7-8-11-18-14(16)9-10-15(17)19-13(4)12(2)3/h9-10,12-13H,5-8,11H2,1-4H3/b10-9+. The molecule has 0 amide bonds. The lowest BCUT2D eigenvalue weighted by molar-refractivity contribution is -0.145. The topological polar surface area (TPSA) is 52.6 Å². The van der Waals surface area contributed by atoms with Gasteiger partial charge in [0, 0.05) is 12.2 Å². The number of unbranched alkanes of at least 4 members (excludes halogenated alkanes) is 3. The molecule has 4 nitrogen and oxygen atoms in total. The normalized spacial score (nSPS) is 12.7. The predicted molar refractivity (Wildman–Crippen MR) is 74.6 cm³/mol. The molecule has 0 rings (SSSR count). The Morgan fingerprint density at radius 3 is 2.21 bits per heavy atom. The Morgan fingerprint density at radius 2 is 1.63 bits per heavy atom. The third kappa shape index (κ3) is 10.3. The Balaban J connectivity index is 3.79. The summed E-state index contributed by atoms with van der Waals surface area (Å²) in [5.41, 5.74) is 0. The van der Waals surface area contributed by atoms with Gasteiger partial charge in [-0.3, -0.25) is 0 Å². The van der Waals surface area contributed by atoms with Gasteiger partial charge < -0.3 is 9.47 Å². The van der Waals surface area contributed by atoms with Crippen molar-refractivity contribution >= 4 is 11.9 Å². The van der Waals surface area contributed by atoms with Crippen molar-refractivity contribution in [2.75, 3.05) is 6.61 Å². The van der Waals surface area contributed by atoms with Gasteiger partial charge in [0.15, 0.2) is 0 Å². The largest absolute Gasteiger partial charge is 0.463 e. The lowest BCUT2D eigenvalue weighted by Gasteiger charge is -2.14. The zero-order valence-electron chi connectivity index (χ0n) is 12.5. The summed E-state index contributed by atoms with van der Waals surface area (Å²) in [7, 11) is 0. The van der Waals surface area contributed by atoms with Crippen molar-refractivity contribution in [2.24, 2.45) is 5.92 Å². The van der Waals surface area contributed by atoms with Crippen LogP contribution in [-0.2, 0) is 19.1 Å². The Kier molecular flexibility index (Phi) is 9.85. The first-order valence-corrected chi connectivity index (χ1v) is 7.02. The predicted octanol–water partition coefficient (Wildman–Crippen LogP) is 3.25. The third-order valence-electron chi connectivity index (χ3n) is 2.84. The lowest BCUT2D eigenvalue weighted by atomic mass is 10.1. The van der Waals surface area contributed by atoms with E-state index in [1.807, 2.05) is 20.8 Å². The van der Waals surface area contributed by atoms with E-state index in [-0.39, 0.29) is 12.0 Å². The molecule has 19 heavy (non-hydrogen) atoms. The average Bonchev–Trinajstić information content (AvgIpc) is 2.36. The highest BCUT2D eigenvalue weighted by molar-refractivity contribution is 5.91. The maximum atomic E-state index is 11.4. The second-order valence-electron chi connectivity index (χ2n) is 4.95. The SMILES string of the molecule is CCCCCCOC(=O)/C=C/C(=O)OC(C)C(C)C. The summed E-state index contributed by atoms with van der Waals surface area (Å²) in [4.78, 5) is 22.6. The molecule has 0 N–H and O–H groups in total. The van der Waals surface area contributed by atoms with E-state index in [1.54, 1.807) is 0 Å². The Morgan fingerprint density at radius 1 is 1.00 bits per heavy atom. The smallest absolute Gasteiger partial charge is 0.331 e. The van der Waals surface area contributed by atoms with Crippen molar-refractivity contribution in [3.8, 4) is 0 Å². The van der Waals surface area contributed by atoms with Crippen LogP contribution in [0.3, 0.4) is 0 Å². The highest BCUT2D eigenvalue weighted by Gasteiger charge is 2.11. The van der Waals surface area contributed by atoms with Crippen LogP contribution in [0.1, 0.15) is 53.4 Å². The molecule has 0 bridgehead atoms. The Hall–Kier alpha value is -1.32. The number of ether oxygens (including phenoxy) is 2. The first-order valence-electron chi connectivity index (χ1n) is 7.02. The van der Waals surface area contributed by atoms with Crippen LogP contribution in [0.5, 0.6) is 0 Å². The monoisotopic (exact) mass is 270 g/mol. The van der Waals surface area contributed by atoms with Gasteiger partial charge in [-0.05, 0) is 19.3 Å². The molecule has 0 saturated heterocycles. The van der Waals surface area contributed by atoms with E-state index in [1.165, 1.54) is 0 Å². The molecular weight excluding hydrogens is 244 g/mol. The molecule has 0 fully saturated rings. The summed E-state index contributed by atoms with van der Waals surface area (Å²) < 4.78 is 10.0. The molecule has 1 atom stereocenters. The molecule has 0 aromatic rings. The number of esters is 2. The zero-order chi connectivity index (χ0) is 14.7. The van der Waals surface area contributed by atoms with Crippen molar-refractivity contribution in [1.82, 2.24) is 0 Å². The van der Waals surface area contributed by atoms with Crippen molar-refractivity contribution < 1.29 is 19.1 Å². The fourth-order valence-corrected chi connectivity index (χ4v) is 1.24. The van der Waals surface area contributed by atoms with Gasteiger partial charge in [0.25, 0.3) is 0 Å². The first-order chi connectivity index (χ1) is 8.97. The lowest BCUT2D eigenvalue weighted by Crippen LogP contribution is -2.19. The highest BCUT2D eigenvalue weighted by atomic mass is 16.5. The molecule has 4 heteroatoms. The minimum atomic E-state index is -0.510. The summed E-state index contributed by atoms with van der Waals surface area (Å²) in [6.07, 6.45) is 6.29. The second-order valence-corrected chi connectivity index (χ2v) is 4.95. The van der Waals surface area contributed by atoms with Crippen LogP contribution in [0.2, 0.25) is 0 Å². The number of rotatable bonds is 9. The molecule has 0 aromatic carbocycles. The van der Waals surface area contributed by atoms with Crippen molar-refractivity contribution in [3.05, 3.63) is 12.2 Å². The van der Waals surface area contributed by atoms with Crippen LogP contribution in [-0.4, -0.2) is 24.6 Å². The van der Waals surface area contributed by atoms with Gasteiger partial charge >= 0.3 is 11.9 Å².